The zero-order chi connectivity index (χ0) is 21.0. The van der Waals surface area contributed by atoms with E-state index in [-0.39, 0.29) is 17.2 Å². The van der Waals surface area contributed by atoms with Crippen molar-refractivity contribution >= 4 is 33.4 Å². The van der Waals surface area contributed by atoms with Crippen molar-refractivity contribution in [1.29, 1.82) is 0 Å². The van der Waals surface area contributed by atoms with Crippen LogP contribution in [0.15, 0.2) is 70.6 Å². The molecule has 3 rings (SSSR count). The Labute approximate surface area is 173 Å². The quantitative estimate of drug-likeness (QED) is 0.703. The summed E-state index contributed by atoms with van der Waals surface area (Å²) >= 11 is 5.93. The van der Waals surface area contributed by atoms with Crippen molar-refractivity contribution in [2.45, 2.75) is 17.9 Å². The van der Waals surface area contributed by atoms with E-state index in [0.29, 0.717) is 10.6 Å². The van der Waals surface area contributed by atoms with Gasteiger partial charge in [0.25, 0.3) is 0 Å². The summed E-state index contributed by atoms with van der Waals surface area (Å²) in [4.78, 5) is 25.0. The second-order valence-electron chi connectivity index (χ2n) is 6.29. The molecule has 29 heavy (non-hydrogen) atoms. The van der Waals surface area contributed by atoms with E-state index in [4.69, 9.17) is 16.3 Å². The number of ether oxygens (including phenoxy) is 1. The first-order valence-corrected chi connectivity index (χ1v) is 10.8. The molecule has 9 heteroatoms. The lowest BCUT2D eigenvalue weighted by Crippen LogP contribution is -2.51. The molecule has 0 aromatic heterocycles. The zero-order valence-corrected chi connectivity index (χ0v) is 17.0. The Balaban J connectivity index is 2.09. The van der Waals surface area contributed by atoms with Crippen molar-refractivity contribution in [3.05, 3.63) is 76.3 Å². The largest absolute Gasteiger partial charge is 0.465 e. The molecule has 1 heterocycles. The van der Waals surface area contributed by atoms with Gasteiger partial charge in [-0.05, 0) is 36.8 Å². The van der Waals surface area contributed by atoms with Crippen molar-refractivity contribution in [3.63, 3.8) is 0 Å². The molecule has 0 aliphatic carbocycles. The van der Waals surface area contributed by atoms with Gasteiger partial charge in [-0.15, -0.1) is 0 Å². The first-order valence-electron chi connectivity index (χ1n) is 8.83. The van der Waals surface area contributed by atoms with Crippen LogP contribution in [0.4, 0.5) is 4.79 Å². The highest BCUT2D eigenvalue weighted by molar-refractivity contribution is 7.94. The molecule has 2 amide bonds. The van der Waals surface area contributed by atoms with Gasteiger partial charge in [0.1, 0.15) is 5.92 Å². The first kappa shape index (κ1) is 20.9. The summed E-state index contributed by atoms with van der Waals surface area (Å²) in [6.07, 6.45) is 0. The van der Waals surface area contributed by atoms with Crippen LogP contribution < -0.4 is 10.6 Å². The topological polar surface area (TPSA) is 102 Å². The smallest absolute Gasteiger partial charge is 0.319 e. The second-order valence-corrected chi connectivity index (χ2v) is 8.52. The van der Waals surface area contributed by atoms with Crippen molar-refractivity contribution in [2.75, 3.05) is 6.61 Å². The Hall–Kier alpha value is -2.84. The zero-order valence-electron chi connectivity index (χ0n) is 15.5. The normalized spacial score (nSPS) is 20.6. The summed E-state index contributed by atoms with van der Waals surface area (Å²) in [6.45, 7) is 1.75. The summed E-state index contributed by atoms with van der Waals surface area (Å²) in [5.74, 6) is -1.73. The third kappa shape index (κ3) is 4.78. The minimum absolute atomic E-state index is 0.0472. The molecule has 2 N–H and O–H groups in total. The molecule has 0 spiro atoms. The first-order chi connectivity index (χ1) is 13.8. The average molecular weight is 435 g/mol. The van der Waals surface area contributed by atoms with Gasteiger partial charge in [0.05, 0.1) is 23.0 Å². The molecule has 0 unspecified atom stereocenters. The minimum atomic E-state index is -3.91. The number of amides is 2. The minimum Gasteiger partial charge on any atom is -0.465 e. The maximum Gasteiger partial charge on any atom is 0.319 e. The maximum absolute atomic E-state index is 12.8. The van der Waals surface area contributed by atoms with Gasteiger partial charge >= 0.3 is 12.0 Å². The summed E-state index contributed by atoms with van der Waals surface area (Å²) < 4.78 is 30.8. The van der Waals surface area contributed by atoms with Gasteiger partial charge in [-0.2, -0.15) is 0 Å². The third-order valence-corrected chi connectivity index (χ3v) is 6.08. The van der Waals surface area contributed by atoms with Crippen LogP contribution in [-0.4, -0.2) is 27.0 Å². The molecular weight excluding hydrogens is 416 g/mol. The number of nitrogens with one attached hydrogen (secondary N) is 2. The lowest BCUT2D eigenvalue weighted by Gasteiger charge is -2.33. The van der Waals surface area contributed by atoms with Gasteiger partial charge in [-0.25, -0.2) is 13.2 Å². The highest BCUT2D eigenvalue weighted by Gasteiger charge is 2.40. The lowest BCUT2D eigenvalue weighted by atomic mass is 9.89. The summed E-state index contributed by atoms with van der Waals surface area (Å²) in [5.41, 5.74) is 0.529. The van der Waals surface area contributed by atoms with E-state index < -0.39 is 33.8 Å². The van der Waals surface area contributed by atoms with E-state index in [1.807, 2.05) is 0 Å². The number of halogens is 1. The summed E-state index contributed by atoms with van der Waals surface area (Å²) in [6, 6.07) is 12.9. The van der Waals surface area contributed by atoms with E-state index in [2.05, 4.69) is 10.6 Å². The number of carbonyl (C=O) groups excluding carboxylic acids is 2. The Bertz CT molecular complexity index is 1040. The second kappa shape index (κ2) is 8.67. The SMILES string of the molecule is CCOC(=O)[C@H]1/C(=C\S(=O)(=O)c2ccccc2)NC(=O)N[C@@H]1c1ccc(Cl)cc1. The summed E-state index contributed by atoms with van der Waals surface area (Å²) in [5, 5.41) is 6.51. The van der Waals surface area contributed by atoms with Crippen molar-refractivity contribution in [3.8, 4) is 0 Å². The lowest BCUT2D eigenvalue weighted by molar-refractivity contribution is -0.147. The number of rotatable bonds is 5. The fourth-order valence-corrected chi connectivity index (χ4v) is 4.38. The van der Waals surface area contributed by atoms with Crippen LogP contribution in [0.3, 0.4) is 0 Å². The molecule has 2 aromatic rings. The van der Waals surface area contributed by atoms with Gasteiger partial charge < -0.3 is 15.4 Å². The van der Waals surface area contributed by atoms with Gasteiger partial charge in [0.2, 0.25) is 9.84 Å². The number of hydrogen-bond acceptors (Lipinski definition) is 5. The fourth-order valence-electron chi connectivity index (χ4n) is 3.04. The van der Waals surface area contributed by atoms with Gasteiger partial charge in [-0.3, -0.25) is 4.79 Å². The molecule has 2 atom stereocenters. The Morgan fingerprint density at radius 2 is 1.79 bits per heavy atom. The number of sulfone groups is 1. The van der Waals surface area contributed by atoms with Crippen LogP contribution in [0.1, 0.15) is 18.5 Å². The standard InChI is InChI=1S/C20H19ClN2O5S/c1-2-28-19(24)17-16(12-29(26,27)15-6-4-3-5-7-15)22-20(25)23-18(17)13-8-10-14(21)11-9-13/h3-12,17-18H,2H2,1H3,(H2,22,23,25)/b16-12+/t17-,18+/m0/s1. The molecule has 1 aliphatic rings. The van der Waals surface area contributed by atoms with Gasteiger partial charge in [-0.1, -0.05) is 41.9 Å². The van der Waals surface area contributed by atoms with Crippen molar-refractivity contribution in [2.24, 2.45) is 5.92 Å². The highest BCUT2D eigenvalue weighted by Crippen LogP contribution is 2.33. The Kier molecular flexibility index (Phi) is 6.24. The number of carbonyl (C=O) groups is 2. The fraction of sp³-hybridized carbons (Fsp3) is 0.200. The van der Waals surface area contributed by atoms with Gasteiger partial charge in [0, 0.05) is 10.7 Å². The van der Waals surface area contributed by atoms with E-state index >= 15 is 0 Å². The van der Waals surface area contributed by atoms with Crippen molar-refractivity contribution in [1.82, 2.24) is 10.6 Å². The Morgan fingerprint density at radius 1 is 1.14 bits per heavy atom. The van der Waals surface area contributed by atoms with Crippen molar-refractivity contribution < 1.29 is 22.7 Å². The predicted molar refractivity (Wildman–Crippen MR) is 108 cm³/mol. The third-order valence-electron chi connectivity index (χ3n) is 4.34. The van der Waals surface area contributed by atoms with Gasteiger partial charge in [0.15, 0.2) is 0 Å². The average Bonchev–Trinajstić information content (AvgIpc) is 2.68. The Morgan fingerprint density at radius 3 is 2.41 bits per heavy atom. The molecule has 1 saturated heterocycles. The highest BCUT2D eigenvalue weighted by atomic mass is 35.5. The number of urea groups is 1. The number of benzene rings is 2. The monoisotopic (exact) mass is 434 g/mol. The van der Waals surface area contributed by atoms with Crippen LogP contribution in [0.5, 0.6) is 0 Å². The van der Waals surface area contributed by atoms with E-state index in [1.165, 1.54) is 12.1 Å². The number of esters is 1. The molecule has 152 valence electrons. The molecular formula is C20H19ClN2O5S. The molecule has 0 bridgehead atoms. The summed E-state index contributed by atoms with van der Waals surface area (Å²) in [7, 11) is -3.91. The number of hydrogen-bond donors (Lipinski definition) is 2. The van der Waals surface area contributed by atoms with Crippen LogP contribution in [-0.2, 0) is 19.4 Å². The predicted octanol–water partition coefficient (Wildman–Crippen LogP) is 3.19. The molecule has 1 fully saturated rings. The molecule has 0 radical (unpaired) electrons. The van der Waals surface area contributed by atoms with E-state index in [9.17, 15) is 18.0 Å². The van der Waals surface area contributed by atoms with E-state index in [0.717, 1.165) is 5.41 Å². The molecule has 7 nitrogen and oxygen atoms in total. The molecule has 1 aliphatic heterocycles. The van der Waals surface area contributed by atoms with Crippen LogP contribution in [0, 0.1) is 5.92 Å². The molecule has 2 aromatic carbocycles. The van der Waals surface area contributed by atoms with Crippen LogP contribution >= 0.6 is 11.6 Å². The molecule has 0 saturated carbocycles. The maximum atomic E-state index is 12.8. The van der Waals surface area contributed by atoms with E-state index in [1.54, 1.807) is 49.4 Å². The van der Waals surface area contributed by atoms with Crippen LogP contribution in [0.2, 0.25) is 5.02 Å². The van der Waals surface area contributed by atoms with Crippen LogP contribution in [0.25, 0.3) is 0 Å².